The molecule has 96 valence electrons. The van der Waals surface area contributed by atoms with Crippen LogP contribution in [0.4, 0.5) is 5.82 Å². The van der Waals surface area contributed by atoms with Crippen LogP contribution in [0.2, 0.25) is 0 Å². The Bertz CT molecular complexity index is 330. The SMILES string of the molecule is CCNc1cccc(CN(C)C(C)CSC)n1. The van der Waals surface area contributed by atoms with Gasteiger partial charge in [-0.2, -0.15) is 11.8 Å². The van der Waals surface area contributed by atoms with Crippen LogP contribution >= 0.6 is 11.8 Å². The Hall–Kier alpha value is -0.740. The summed E-state index contributed by atoms with van der Waals surface area (Å²) in [6.07, 6.45) is 2.15. The smallest absolute Gasteiger partial charge is 0.126 e. The van der Waals surface area contributed by atoms with Gasteiger partial charge in [-0.25, -0.2) is 4.98 Å². The van der Waals surface area contributed by atoms with Crippen molar-refractivity contribution >= 4 is 17.6 Å². The van der Waals surface area contributed by atoms with Gasteiger partial charge in [0, 0.05) is 24.9 Å². The van der Waals surface area contributed by atoms with Crippen LogP contribution in [0.1, 0.15) is 19.5 Å². The molecule has 1 aromatic rings. The van der Waals surface area contributed by atoms with E-state index in [4.69, 9.17) is 0 Å². The summed E-state index contributed by atoms with van der Waals surface area (Å²) in [5.74, 6) is 2.12. The number of anilines is 1. The fourth-order valence-corrected chi connectivity index (χ4v) is 2.36. The van der Waals surface area contributed by atoms with Crippen molar-refractivity contribution in [3.63, 3.8) is 0 Å². The molecular formula is C13H23N3S. The van der Waals surface area contributed by atoms with Gasteiger partial charge >= 0.3 is 0 Å². The highest BCUT2D eigenvalue weighted by molar-refractivity contribution is 7.98. The lowest BCUT2D eigenvalue weighted by Crippen LogP contribution is -2.30. The van der Waals surface area contributed by atoms with Gasteiger partial charge in [0.15, 0.2) is 0 Å². The summed E-state index contributed by atoms with van der Waals surface area (Å²) in [7, 11) is 2.16. The van der Waals surface area contributed by atoms with Gasteiger partial charge in [-0.3, -0.25) is 4.90 Å². The van der Waals surface area contributed by atoms with Crippen molar-refractivity contribution < 1.29 is 0 Å². The van der Waals surface area contributed by atoms with Crippen LogP contribution in [0.3, 0.4) is 0 Å². The van der Waals surface area contributed by atoms with Crippen LogP contribution in [0.25, 0.3) is 0 Å². The minimum absolute atomic E-state index is 0.578. The van der Waals surface area contributed by atoms with E-state index in [0.29, 0.717) is 6.04 Å². The Morgan fingerprint density at radius 2 is 2.24 bits per heavy atom. The number of pyridine rings is 1. The summed E-state index contributed by atoms with van der Waals surface area (Å²) in [6, 6.07) is 6.74. The second-order valence-corrected chi connectivity index (χ2v) is 5.17. The molecule has 17 heavy (non-hydrogen) atoms. The quantitative estimate of drug-likeness (QED) is 0.809. The van der Waals surface area contributed by atoms with E-state index in [1.807, 2.05) is 17.8 Å². The van der Waals surface area contributed by atoms with E-state index in [0.717, 1.165) is 30.4 Å². The number of nitrogens with zero attached hydrogens (tertiary/aromatic N) is 2. The predicted molar refractivity (Wildman–Crippen MR) is 77.7 cm³/mol. The lowest BCUT2D eigenvalue weighted by Gasteiger charge is -2.23. The zero-order valence-electron chi connectivity index (χ0n) is 11.2. The van der Waals surface area contributed by atoms with Crippen LogP contribution in [0, 0.1) is 0 Å². The Balaban J connectivity index is 2.58. The van der Waals surface area contributed by atoms with Crippen LogP contribution in [0.15, 0.2) is 18.2 Å². The summed E-state index contributed by atoms with van der Waals surface area (Å²) >= 11 is 1.89. The van der Waals surface area contributed by atoms with Crippen LogP contribution < -0.4 is 5.32 Å². The molecule has 1 heterocycles. The third kappa shape index (κ3) is 4.96. The lowest BCUT2D eigenvalue weighted by atomic mass is 10.3. The normalized spacial score (nSPS) is 12.8. The highest BCUT2D eigenvalue weighted by Gasteiger charge is 2.09. The number of rotatable bonds is 7. The number of hydrogen-bond donors (Lipinski definition) is 1. The molecule has 0 spiro atoms. The van der Waals surface area contributed by atoms with Crippen molar-refractivity contribution in [2.45, 2.75) is 26.4 Å². The molecule has 0 amide bonds. The maximum Gasteiger partial charge on any atom is 0.126 e. The molecule has 0 aliphatic carbocycles. The molecule has 0 bridgehead atoms. The van der Waals surface area contributed by atoms with Crippen molar-refractivity contribution in [1.82, 2.24) is 9.88 Å². The first-order valence-electron chi connectivity index (χ1n) is 6.06. The second kappa shape index (κ2) is 7.56. The van der Waals surface area contributed by atoms with E-state index in [-0.39, 0.29) is 0 Å². The minimum atomic E-state index is 0.578. The molecule has 0 fully saturated rings. The lowest BCUT2D eigenvalue weighted by molar-refractivity contribution is 0.266. The molecule has 0 aliphatic heterocycles. The van der Waals surface area contributed by atoms with E-state index >= 15 is 0 Å². The van der Waals surface area contributed by atoms with Gasteiger partial charge in [0.2, 0.25) is 0 Å². The highest BCUT2D eigenvalue weighted by atomic mass is 32.2. The molecule has 1 N–H and O–H groups in total. The molecule has 1 atom stereocenters. The Labute approximate surface area is 109 Å². The molecule has 0 aromatic carbocycles. The predicted octanol–water partition coefficient (Wildman–Crippen LogP) is 2.70. The van der Waals surface area contributed by atoms with Crippen molar-refractivity contribution in [3.05, 3.63) is 23.9 Å². The largest absolute Gasteiger partial charge is 0.370 e. The van der Waals surface area contributed by atoms with E-state index < -0.39 is 0 Å². The van der Waals surface area contributed by atoms with Crippen molar-refractivity contribution in [3.8, 4) is 0 Å². The minimum Gasteiger partial charge on any atom is -0.370 e. The summed E-state index contributed by atoms with van der Waals surface area (Å²) in [6.45, 7) is 6.15. The number of aromatic nitrogens is 1. The molecule has 0 saturated carbocycles. The van der Waals surface area contributed by atoms with Crippen molar-refractivity contribution in [1.29, 1.82) is 0 Å². The highest BCUT2D eigenvalue weighted by Crippen LogP contribution is 2.10. The third-order valence-electron chi connectivity index (χ3n) is 2.74. The first-order valence-corrected chi connectivity index (χ1v) is 7.45. The van der Waals surface area contributed by atoms with E-state index in [1.54, 1.807) is 0 Å². The zero-order chi connectivity index (χ0) is 12.7. The van der Waals surface area contributed by atoms with Crippen LogP contribution in [0.5, 0.6) is 0 Å². The average molecular weight is 253 g/mol. The molecule has 0 radical (unpaired) electrons. The zero-order valence-corrected chi connectivity index (χ0v) is 12.0. The summed E-state index contributed by atoms with van der Waals surface area (Å²) < 4.78 is 0. The number of nitrogens with one attached hydrogen (secondary N) is 1. The maximum atomic E-state index is 4.59. The summed E-state index contributed by atoms with van der Waals surface area (Å²) in [4.78, 5) is 6.93. The van der Waals surface area contributed by atoms with Crippen LogP contribution in [-0.2, 0) is 6.54 Å². The average Bonchev–Trinajstić information content (AvgIpc) is 2.30. The first-order chi connectivity index (χ1) is 8.17. The summed E-state index contributed by atoms with van der Waals surface area (Å²) in [5, 5.41) is 3.24. The van der Waals surface area contributed by atoms with E-state index in [1.165, 1.54) is 0 Å². The van der Waals surface area contributed by atoms with Gasteiger partial charge in [0.05, 0.1) is 5.69 Å². The Kier molecular flexibility index (Phi) is 6.37. The van der Waals surface area contributed by atoms with Crippen molar-refractivity contribution in [2.24, 2.45) is 0 Å². The molecular weight excluding hydrogens is 230 g/mol. The number of hydrogen-bond acceptors (Lipinski definition) is 4. The van der Waals surface area contributed by atoms with Gasteiger partial charge in [-0.1, -0.05) is 6.07 Å². The number of thioether (sulfide) groups is 1. The molecule has 0 aliphatic rings. The maximum absolute atomic E-state index is 4.59. The Morgan fingerprint density at radius 1 is 1.47 bits per heavy atom. The molecule has 1 unspecified atom stereocenters. The van der Waals surface area contributed by atoms with E-state index in [2.05, 4.69) is 54.5 Å². The fourth-order valence-electron chi connectivity index (χ4n) is 1.63. The molecule has 1 rings (SSSR count). The van der Waals surface area contributed by atoms with Gasteiger partial charge in [-0.15, -0.1) is 0 Å². The molecule has 0 saturated heterocycles. The topological polar surface area (TPSA) is 28.2 Å². The van der Waals surface area contributed by atoms with Gasteiger partial charge < -0.3 is 5.32 Å². The molecule has 4 heteroatoms. The van der Waals surface area contributed by atoms with Gasteiger partial charge in [0.25, 0.3) is 0 Å². The summed E-state index contributed by atoms with van der Waals surface area (Å²) in [5.41, 5.74) is 1.12. The Morgan fingerprint density at radius 3 is 2.88 bits per heavy atom. The van der Waals surface area contributed by atoms with Crippen LogP contribution in [-0.4, -0.2) is 41.5 Å². The van der Waals surface area contributed by atoms with E-state index in [9.17, 15) is 0 Å². The first kappa shape index (κ1) is 14.3. The monoisotopic (exact) mass is 253 g/mol. The van der Waals surface area contributed by atoms with Gasteiger partial charge in [-0.05, 0) is 39.3 Å². The van der Waals surface area contributed by atoms with Gasteiger partial charge in [0.1, 0.15) is 5.82 Å². The fraction of sp³-hybridized carbons (Fsp3) is 0.615. The molecule has 1 aromatic heterocycles. The third-order valence-corrected chi connectivity index (χ3v) is 3.55. The standard InChI is InChI=1S/C13H23N3S/c1-5-14-13-8-6-7-12(15-13)9-16(3)11(2)10-17-4/h6-8,11H,5,9-10H2,1-4H3,(H,14,15). The second-order valence-electron chi connectivity index (χ2n) is 4.26. The molecule has 3 nitrogen and oxygen atoms in total. The van der Waals surface area contributed by atoms with Crippen molar-refractivity contribution in [2.75, 3.05) is 30.9 Å².